The first-order valence-corrected chi connectivity index (χ1v) is 6.37. The van der Waals surface area contributed by atoms with E-state index in [1.165, 1.54) is 0 Å². The second kappa shape index (κ2) is 4.34. The molecule has 1 saturated carbocycles. The highest BCUT2D eigenvalue weighted by Gasteiger charge is 2.62. The SMILES string of the molecule is O=S(=O)(O)C1CCC(C(F)(F)C(F)(F)F)CC1. The number of rotatable bonds is 2. The van der Waals surface area contributed by atoms with Gasteiger partial charge in [-0.15, -0.1) is 0 Å². The van der Waals surface area contributed by atoms with Crippen LogP contribution >= 0.6 is 0 Å². The van der Waals surface area contributed by atoms with Crippen LogP contribution < -0.4 is 0 Å². The molecule has 0 aromatic rings. The number of hydrogen-bond acceptors (Lipinski definition) is 2. The third kappa shape index (κ3) is 3.06. The molecule has 1 fully saturated rings. The fourth-order valence-electron chi connectivity index (χ4n) is 1.95. The van der Waals surface area contributed by atoms with Crippen molar-refractivity contribution in [1.82, 2.24) is 0 Å². The summed E-state index contributed by atoms with van der Waals surface area (Å²) in [6.07, 6.45) is -7.53. The molecule has 0 saturated heterocycles. The number of alkyl halides is 5. The second-order valence-corrected chi connectivity index (χ2v) is 5.81. The van der Waals surface area contributed by atoms with E-state index in [9.17, 15) is 30.4 Å². The molecule has 17 heavy (non-hydrogen) atoms. The van der Waals surface area contributed by atoms with Crippen LogP contribution in [0.15, 0.2) is 0 Å². The van der Waals surface area contributed by atoms with Gasteiger partial charge in [0.25, 0.3) is 10.1 Å². The van der Waals surface area contributed by atoms with Crippen LogP contribution in [-0.2, 0) is 10.1 Å². The third-order valence-corrected chi connectivity index (χ3v) is 4.30. The highest BCUT2D eigenvalue weighted by molar-refractivity contribution is 7.86. The maximum atomic E-state index is 12.9. The van der Waals surface area contributed by atoms with Crippen LogP contribution in [0.4, 0.5) is 22.0 Å². The van der Waals surface area contributed by atoms with E-state index < -0.39 is 46.2 Å². The summed E-state index contributed by atoms with van der Waals surface area (Å²) in [7, 11) is -4.36. The smallest absolute Gasteiger partial charge is 0.285 e. The van der Waals surface area contributed by atoms with E-state index in [1.807, 2.05) is 0 Å². The van der Waals surface area contributed by atoms with Crippen LogP contribution in [0.25, 0.3) is 0 Å². The normalized spacial score (nSPS) is 28.1. The van der Waals surface area contributed by atoms with Gasteiger partial charge in [0, 0.05) is 5.92 Å². The van der Waals surface area contributed by atoms with Gasteiger partial charge in [0.1, 0.15) is 0 Å². The van der Waals surface area contributed by atoms with Crippen molar-refractivity contribution in [3.05, 3.63) is 0 Å². The zero-order chi connectivity index (χ0) is 13.5. The molecule has 0 aromatic carbocycles. The van der Waals surface area contributed by atoms with Crippen molar-refractivity contribution >= 4 is 10.1 Å². The van der Waals surface area contributed by atoms with Gasteiger partial charge in [-0.05, 0) is 25.7 Å². The van der Waals surface area contributed by atoms with Gasteiger partial charge in [0.05, 0.1) is 5.25 Å². The van der Waals surface area contributed by atoms with E-state index in [2.05, 4.69) is 0 Å². The average molecular weight is 282 g/mol. The Morgan fingerprint density at radius 2 is 1.35 bits per heavy atom. The molecule has 0 radical (unpaired) electrons. The lowest BCUT2D eigenvalue weighted by molar-refractivity contribution is -0.305. The van der Waals surface area contributed by atoms with E-state index >= 15 is 0 Å². The predicted octanol–water partition coefficient (Wildman–Crippen LogP) is 2.63. The standard InChI is InChI=1S/C8H11F5O3S/c9-7(10,8(11,12)13)5-1-3-6(4-2-5)17(14,15)16/h5-6H,1-4H2,(H,14,15,16). The zero-order valence-electron chi connectivity index (χ0n) is 8.54. The molecule has 1 aliphatic carbocycles. The maximum absolute atomic E-state index is 12.9. The Morgan fingerprint density at radius 1 is 0.941 bits per heavy atom. The van der Waals surface area contributed by atoms with E-state index in [-0.39, 0.29) is 12.8 Å². The second-order valence-electron chi connectivity index (χ2n) is 4.11. The van der Waals surface area contributed by atoms with Gasteiger partial charge in [0.2, 0.25) is 0 Å². The first-order chi connectivity index (χ1) is 7.46. The van der Waals surface area contributed by atoms with Crippen LogP contribution in [0, 0.1) is 5.92 Å². The summed E-state index contributed by atoms with van der Waals surface area (Å²) < 4.78 is 91.9. The lowest BCUT2D eigenvalue weighted by Crippen LogP contribution is -2.45. The summed E-state index contributed by atoms with van der Waals surface area (Å²) in [5.74, 6) is -6.72. The van der Waals surface area contributed by atoms with Gasteiger partial charge in [-0.1, -0.05) is 0 Å². The lowest BCUT2D eigenvalue weighted by atomic mass is 9.84. The molecule has 0 bridgehead atoms. The quantitative estimate of drug-likeness (QED) is 0.625. The molecule has 0 unspecified atom stereocenters. The molecule has 0 amide bonds. The molecule has 0 aliphatic heterocycles. The summed E-state index contributed by atoms with van der Waals surface area (Å²) in [6, 6.07) is 0. The predicted molar refractivity (Wildman–Crippen MR) is 48.3 cm³/mol. The van der Waals surface area contributed by atoms with Crippen molar-refractivity contribution in [2.24, 2.45) is 5.92 Å². The Bertz CT molecular complexity index is 367. The van der Waals surface area contributed by atoms with E-state index in [4.69, 9.17) is 4.55 Å². The first-order valence-electron chi connectivity index (χ1n) is 4.87. The van der Waals surface area contributed by atoms with Crippen molar-refractivity contribution in [1.29, 1.82) is 0 Å². The topological polar surface area (TPSA) is 54.4 Å². The summed E-state index contributed by atoms with van der Waals surface area (Å²) in [6.45, 7) is 0. The maximum Gasteiger partial charge on any atom is 0.453 e. The molecule has 102 valence electrons. The molecule has 0 atom stereocenters. The highest BCUT2D eigenvalue weighted by atomic mass is 32.2. The minimum atomic E-state index is -5.62. The first kappa shape index (κ1) is 14.6. The van der Waals surface area contributed by atoms with Crippen LogP contribution in [0.2, 0.25) is 0 Å². The number of hydrogen-bond donors (Lipinski definition) is 1. The van der Waals surface area contributed by atoms with Crippen molar-refractivity contribution in [2.75, 3.05) is 0 Å². The van der Waals surface area contributed by atoms with E-state index in [1.54, 1.807) is 0 Å². The Balaban J connectivity index is 2.71. The molecule has 9 heteroatoms. The fourth-order valence-corrected chi connectivity index (χ4v) is 2.82. The van der Waals surface area contributed by atoms with Crippen molar-refractivity contribution in [3.8, 4) is 0 Å². The Morgan fingerprint density at radius 3 is 1.65 bits per heavy atom. The van der Waals surface area contributed by atoms with Crippen LogP contribution in [0.5, 0.6) is 0 Å². The molecular weight excluding hydrogens is 271 g/mol. The molecular formula is C8H11F5O3S. The molecule has 0 aromatic heterocycles. The minimum absolute atomic E-state index is 0.380. The van der Waals surface area contributed by atoms with Crippen LogP contribution in [0.1, 0.15) is 25.7 Å². The zero-order valence-corrected chi connectivity index (χ0v) is 9.36. The van der Waals surface area contributed by atoms with Gasteiger partial charge in [-0.25, -0.2) is 0 Å². The molecule has 0 heterocycles. The lowest BCUT2D eigenvalue weighted by Gasteiger charge is -2.33. The molecule has 0 spiro atoms. The van der Waals surface area contributed by atoms with Crippen molar-refractivity contribution in [2.45, 2.75) is 43.0 Å². The van der Waals surface area contributed by atoms with Gasteiger partial charge in [0.15, 0.2) is 0 Å². The third-order valence-electron chi connectivity index (χ3n) is 2.99. The molecule has 1 rings (SSSR count). The Labute approximate surface area is 94.7 Å². The van der Waals surface area contributed by atoms with Gasteiger partial charge >= 0.3 is 12.1 Å². The summed E-state index contributed by atoms with van der Waals surface area (Å²) in [4.78, 5) is 0. The monoisotopic (exact) mass is 282 g/mol. The summed E-state index contributed by atoms with van der Waals surface area (Å²) in [5, 5.41) is -1.23. The van der Waals surface area contributed by atoms with Gasteiger partial charge in [-0.2, -0.15) is 30.4 Å². The fraction of sp³-hybridized carbons (Fsp3) is 1.00. The molecule has 3 nitrogen and oxygen atoms in total. The van der Waals surface area contributed by atoms with E-state index in [0.717, 1.165) is 0 Å². The molecule has 1 aliphatic rings. The highest BCUT2D eigenvalue weighted by Crippen LogP contribution is 2.47. The summed E-state index contributed by atoms with van der Waals surface area (Å²) in [5.41, 5.74) is 0. The summed E-state index contributed by atoms with van der Waals surface area (Å²) >= 11 is 0. The minimum Gasteiger partial charge on any atom is -0.285 e. The van der Waals surface area contributed by atoms with Crippen LogP contribution in [-0.4, -0.2) is 30.3 Å². The van der Waals surface area contributed by atoms with Crippen LogP contribution in [0.3, 0.4) is 0 Å². The average Bonchev–Trinajstić information content (AvgIpc) is 2.15. The largest absolute Gasteiger partial charge is 0.453 e. The van der Waals surface area contributed by atoms with Crippen molar-refractivity contribution < 1.29 is 34.9 Å². The Kier molecular flexibility index (Phi) is 3.73. The van der Waals surface area contributed by atoms with Crippen molar-refractivity contribution in [3.63, 3.8) is 0 Å². The van der Waals surface area contributed by atoms with Gasteiger partial charge in [-0.3, -0.25) is 4.55 Å². The molecule has 1 N–H and O–H groups in total. The van der Waals surface area contributed by atoms with E-state index in [0.29, 0.717) is 0 Å². The Hall–Kier alpha value is -0.440. The number of halogens is 5. The van der Waals surface area contributed by atoms with Gasteiger partial charge < -0.3 is 0 Å².